The van der Waals surface area contributed by atoms with Crippen molar-refractivity contribution in [2.75, 3.05) is 19.6 Å². The van der Waals surface area contributed by atoms with Gasteiger partial charge in [0, 0.05) is 23.4 Å². The highest BCUT2D eigenvalue weighted by molar-refractivity contribution is 6.30. The Bertz CT molecular complexity index is 304. The number of quaternary nitrogens is 2. The highest BCUT2D eigenvalue weighted by atomic mass is 35.5. The molecule has 0 unspecified atom stereocenters. The summed E-state index contributed by atoms with van der Waals surface area (Å²) in [6.07, 6.45) is 2.72. The van der Waals surface area contributed by atoms with Crippen LogP contribution >= 0.6 is 11.6 Å². The maximum Gasteiger partial charge on any atom is 0.162 e. The molecule has 1 atom stereocenters. The summed E-state index contributed by atoms with van der Waals surface area (Å²) in [6, 6.07) is 8.81. The molecule has 82 valence electrons. The zero-order valence-corrected chi connectivity index (χ0v) is 9.76. The van der Waals surface area contributed by atoms with E-state index in [-0.39, 0.29) is 0 Å². The van der Waals surface area contributed by atoms with Crippen LogP contribution in [-0.2, 0) is 0 Å². The van der Waals surface area contributed by atoms with Gasteiger partial charge in [0.25, 0.3) is 0 Å². The van der Waals surface area contributed by atoms with Gasteiger partial charge in [-0.3, -0.25) is 0 Å². The lowest BCUT2D eigenvalue weighted by molar-refractivity contribution is -0.926. The minimum absolute atomic E-state index is 0.560. The van der Waals surface area contributed by atoms with Crippen molar-refractivity contribution >= 4 is 11.6 Å². The predicted octanol–water partition coefficient (Wildman–Crippen LogP) is 0.302. The van der Waals surface area contributed by atoms with Crippen molar-refractivity contribution in [1.29, 1.82) is 0 Å². The molecule has 0 saturated carbocycles. The van der Waals surface area contributed by atoms with Crippen molar-refractivity contribution in [3.63, 3.8) is 0 Å². The molecular formula is C12H19ClN2+2. The van der Waals surface area contributed by atoms with Gasteiger partial charge in [-0.1, -0.05) is 23.7 Å². The largest absolute Gasteiger partial charge is 0.352 e. The van der Waals surface area contributed by atoms with Crippen molar-refractivity contribution < 1.29 is 10.6 Å². The molecular weight excluding hydrogens is 208 g/mol. The summed E-state index contributed by atoms with van der Waals surface area (Å²) in [7, 11) is 0. The van der Waals surface area contributed by atoms with Crippen molar-refractivity contribution in [3.8, 4) is 0 Å². The Kier molecular flexibility index (Phi) is 3.62. The number of halogens is 1. The Hall–Kier alpha value is -0.570. The number of nitrogens with one attached hydrogen (secondary N) is 1. The SMILES string of the molecule is [NH3+]C[C@H](c1ccc(Cl)cc1)[NH+]1CCCC1. The molecule has 1 aromatic rings. The fraction of sp³-hybridized carbons (Fsp3) is 0.500. The smallest absolute Gasteiger partial charge is 0.162 e. The fourth-order valence-corrected chi connectivity index (χ4v) is 2.61. The van der Waals surface area contributed by atoms with E-state index in [9.17, 15) is 0 Å². The van der Waals surface area contributed by atoms with Crippen LogP contribution in [0.15, 0.2) is 24.3 Å². The zero-order valence-electron chi connectivity index (χ0n) is 9.01. The van der Waals surface area contributed by atoms with Gasteiger partial charge < -0.3 is 10.6 Å². The third-order valence-corrected chi connectivity index (χ3v) is 3.55. The Morgan fingerprint density at radius 1 is 1.20 bits per heavy atom. The molecule has 1 aliphatic heterocycles. The lowest BCUT2D eigenvalue weighted by Crippen LogP contribution is -3.11. The second-order valence-corrected chi connectivity index (χ2v) is 4.69. The molecule has 0 aromatic heterocycles. The standard InChI is InChI=1S/C12H17ClN2/c13-11-5-3-10(4-6-11)12(9-14)15-7-1-2-8-15/h3-6,12H,1-2,7-9,14H2/p+2/t12-/m1/s1. The number of hydrogen-bond acceptors (Lipinski definition) is 0. The Morgan fingerprint density at radius 3 is 2.33 bits per heavy atom. The summed E-state index contributed by atoms with van der Waals surface area (Å²) in [5.74, 6) is 0. The van der Waals surface area contributed by atoms with E-state index in [0.29, 0.717) is 6.04 Å². The first-order valence-corrected chi connectivity index (χ1v) is 6.08. The summed E-state index contributed by atoms with van der Waals surface area (Å²) in [5.41, 5.74) is 5.46. The predicted molar refractivity (Wildman–Crippen MR) is 61.9 cm³/mol. The van der Waals surface area contributed by atoms with E-state index in [1.165, 1.54) is 31.5 Å². The third-order valence-electron chi connectivity index (χ3n) is 3.30. The summed E-state index contributed by atoms with van der Waals surface area (Å²) in [5, 5.41) is 0.818. The first-order valence-electron chi connectivity index (χ1n) is 5.70. The third kappa shape index (κ3) is 2.51. The highest BCUT2D eigenvalue weighted by Gasteiger charge is 2.27. The second-order valence-electron chi connectivity index (χ2n) is 4.26. The van der Waals surface area contributed by atoms with E-state index in [4.69, 9.17) is 11.6 Å². The van der Waals surface area contributed by atoms with Gasteiger partial charge in [0.1, 0.15) is 6.54 Å². The van der Waals surface area contributed by atoms with E-state index in [2.05, 4.69) is 17.9 Å². The molecule has 0 spiro atoms. The fourth-order valence-electron chi connectivity index (χ4n) is 2.48. The molecule has 4 N–H and O–H groups in total. The Labute approximate surface area is 96.0 Å². The van der Waals surface area contributed by atoms with Crippen LogP contribution in [0.1, 0.15) is 24.4 Å². The zero-order chi connectivity index (χ0) is 10.7. The summed E-state index contributed by atoms with van der Waals surface area (Å²) in [6.45, 7) is 3.56. The van der Waals surface area contributed by atoms with Crippen LogP contribution in [0, 0.1) is 0 Å². The molecule has 2 nitrogen and oxygen atoms in total. The maximum absolute atomic E-state index is 5.90. The molecule has 1 aromatic carbocycles. The molecule has 1 saturated heterocycles. The molecule has 2 rings (SSSR count). The molecule has 1 fully saturated rings. The molecule has 0 amide bonds. The maximum atomic E-state index is 5.90. The normalized spacial score (nSPS) is 19.3. The van der Waals surface area contributed by atoms with Crippen molar-refractivity contribution in [3.05, 3.63) is 34.9 Å². The van der Waals surface area contributed by atoms with Crippen LogP contribution in [0.4, 0.5) is 0 Å². The van der Waals surface area contributed by atoms with E-state index in [1.54, 1.807) is 4.90 Å². The topological polar surface area (TPSA) is 32.1 Å². The first-order chi connectivity index (χ1) is 7.31. The second kappa shape index (κ2) is 4.97. The van der Waals surface area contributed by atoms with Gasteiger partial charge in [-0.2, -0.15) is 0 Å². The van der Waals surface area contributed by atoms with Crippen LogP contribution in [-0.4, -0.2) is 19.6 Å². The van der Waals surface area contributed by atoms with Gasteiger partial charge >= 0.3 is 0 Å². The van der Waals surface area contributed by atoms with Gasteiger partial charge in [-0.15, -0.1) is 0 Å². The van der Waals surface area contributed by atoms with Gasteiger partial charge in [-0.25, -0.2) is 0 Å². The van der Waals surface area contributed by atoms with Crippen LogP contribution in [0.3, 0.4) is 0 Å². The Morgan fingerprint density at radius 2 is 1.80 bits per heavy atom. The van der Waals surface area contributed by atoms with Crippen LogP contribution in [0.2, 0.25) is 5.02 Å². The monoisotopic (exact) mass is 226 g/mol. The highest BCUT2D eigenvalue weighted by Crippen LogP contribution is 2.14. The van der Waals surface area contributed by atoms with Gasteiger partial charge in [0.2, 0.25) is 0 Å². The molecule has 0 bridgehead atoms. The number of rotatable bonds is 3. The van der Waals surface area contributed by atoms with E-state index < -0.39 is 0 Å². The molecule has 0 aliphatic carbocycles. The average Bonchev–Trinajstić information content (AvgIpc) is 2.75. The van der Waals surface area contributed by atoms with Crippen LogP contribution in [0.25, 0.3) is 0 Å². The first kappa shape index (κ1) is 10.9. The molecule has 1 heterocycles. The quantitative estimate of drug-likeness (QED) is 0.744. The van der Waals surface area contributed by atoms with Crippen molar-refractivity contribution in [2.24, 2.45) is 0 Å². The average molecular weight is 227 g/mol. The molecule has 3 heteroatoms. The lowest BCUT2D eigenvalue weighted by atomic mass is 10.1. The summed E-state index contributed by atoms with van der Waals surface area (Å²) < 4.78 is 0. The van der Waals surface area contributed by atoms with E-state index >= 15 is 0 Å². The van der Waals surface area contributed by atoms with Crippen LogP contribution < -0.4 is 10.6 Å². The van der Waals surface area contributed by atoms with Crippen molar-refractivity contribution in [1.82, 2.24) is 0 Å². The minimum Gasteiger partial charge on any atom is -0.352 e. The van der Waals surface area contributed by atoms with E-state index in [0.717, 1.165) is 11.6 Å². The van der Waals surface area contributed by atoms with Gasteiger partial charge in [-0.05, 0) is 12.1 Å². The summed E-state index contributed by atoms with van der Waals surface area (Å²) in [4.78, 5) is 1.69. The lowest BCUT2D eigenvalue weighted by Gasteiger charge is -2.21. The number of likely N-dealkylation sites (tertiary alicyclic amines) is 1. The Balaban J connectivity index is 2.14. The summed E-state index contributed by atoms with van der Waals surface area (Å²) >= 11 is 5.90. The number of hydrogen-bond donors (Lipinski definition) is 2. The molecule has 15 heavy (non-hydrogen) atoms. The number of benzene rings is 1. The van der Waals surface area contributed by atoms with Gasteiger partial charge in [0.15, 0.2) is 6.04 Å². The minimum atomic E-state index is 0.560. The molecule has 0 radical (unpaired) electrons. The van der Waals surface area contributed by atoms with Crippen LogP contribution in [0.5, 0.6) is 0 Å². The van der Waals surface area contributed by atoms with Crippen molar-refractivity contribution in [2.45, 2.75) is 18.9 Å². The molecule has 1 aliphatic rings. The van der Waals surface area contributed by atoms with Gasteiger partial charge in [0.05, 0.1) is 13.1 Å². The van der Waals surface area contributed by atoms with E-state index in [1.807, 2.05) is 12.1 Å².